The molecule has 24 heavy (non-hydrogen) atoms. The summed E-state index contributed by atoms with van der Waals surface area (Å²) in [5.41, 5.74) is 2.37. The minimum absolute atomic E-state index is 0.0879. The molecule has 0 radical (unpaired) electrons. The summed E-state index contributed by atoms with van der Waals surface area (Å²) >= 11 is 1.51. The lowest BCUT2D eigenvalue weighted by molar-refractivity contribution is -0.115. The summed E-state index contributed by atoms with van der Waals surface area (Å²) in [7, 11) is 3.40. The molecular weight excluding hydrogens is 320 g/mol. The molecule has 0 heterocycles. The van der Waals surface area contributed by atoms with Crippen molar-refractivity contribution in [1.29, 1.82) is 0 Å². The fraction of sp³-hybridized carbons (Fsp3) is 0.263. The Morgan fingerprint density at radius 1 is 1.08 bits per heavy atom. The van der Waals surface area contributed by atoms with Gasteiger partial charge < -0.3 is 10.2 Å². The molecule has 0 fully saturated rings. The van der Waals surface area contributed by atoms with Crippen molar-refractivity contribution in [3.8, 4) is 0 Å². The zero-order valence-electron chi connectivity index (χ0n) is 14.4. The molecule has 0 unspecified atom stereocenters. The summed E-state index contributed by atoms with van der Waals surface area (Å²) in [6.45, 7) is 3.90. The van der Waals surface area contributed by atoms with Crippen molar-refractivity contribution in [2.24, 2.45) is 0 Å². The Bertz CT molecular complexity index is 726. The lowest BCUT2D eigenvalue weighted by atomic mass is 10.2. The number of nitrogens with one attached hydrogen (secondary N) is 1. The maximum absolute atomic E-state index is 12.4. The van der Waals surface area contributed by atoms with Crippen LogP contribution in [-0.2, 0) is 4.79 Å². The molecule has 2 amide bonds. The summed E-state index contributed by atoms with van der Waals surface area (Å²) in [4.78, 5) is 26.9. The second kappa shape index (κ2) is 8.02. The molecule has 0 saturated carbocycles. The van der Waals surface area contributed by atoms with E-state index in [1.165, 1.54) is 22.2 Å². The van der Waals surface area contributed by atoms with Gasteiger partial charge in [0.25, 0.3) is 5.91 Å². The van der Waals surface area contributed by atoms with Crippen LogP contribution in [0.5, 0.6) is 0 Å². The van der Waals surface area contributed by atoms with Gasteiger partial charge in [-0.05, 0) is 44.2 Å². The van der Waals surface area contributed by atoms with E-state index in [9.17, 15) is 9.59 Å². The minimum Gasteiger partial charge on any atom is -0.345 e. The largest absolute Gasteiger partial charge is 0.345 e. The standard InChI is InChI=1S/C19H22N2O2S/c1-13-8-10-17(11-9-13)24-14(2)18(22)20-16-7-5-6-15(12-16)19(23)21(3)4/h5-12,14H,1-4H3,(H,20,22)/t14-/m0/s1. The second-order valence-corrected chi connectivity index (χ2v) is 7.26. The number of carbonyl (C=O) groups is 2. The van der Waals surface area contributed by atoms with Gasteiger partial charge in [-0.3, -0.25) is 9.59 Å². The molecule has 0 saturated heterocycles. The topological polar surface area (TPSA) is 49.4 Å². The van der Waals surface area contributed by atoms with E-state index in [-0.39, 0.29) is 17.1 Å². The van der Waals surface area contributed by atoms with Gasteiger partial charge in [-0.25, -0.2) is 0 Å². The molecule has 5 heteroatoms. The molecule has 4 nitrogen and oxygen atoms in total. The third kappa shape index (κ3) is 4.86. The van der Waals surface area contributed by atoms with E-state index in [4.69, 9.17) is 0 Å². The number of hydrogen-bond acceptors (Lipinski definition) is 3. The van der Waals surface area contributed by atoms with Crippen molar-refractivity contribution in [2.45, 2.75) is 24.0 Å². The third-order valence-electron chi connectivity index (χ3n) is 3.49. The van der Waals surface area contributed by atoms with E-state index in [1.54, 1.807) is 38.4 Å². The Balaban J connectivity index is 2.02. The zero-order chi connectivity index (χ0) is 17.7. The Kier molecular flexibility index (Phi) is 6.04. The van der Waals surface area contributed by atoms with Gasteiger partial charge in [0.1, 0.15) is 0 Å². The normalized spacial score (nSPS) is 11.7. The Hall–Kier alpha value is -2.27. The smallest absolute Gasteiger partial charge is 0.253 e. The van der Waals surface area contributed by atoms with Crippen LogP contribution in [0.4, 0.5) is 5.69 Å². The number of anilines is 1. The van der Waals surface area contributed by atoms with Crippen LogP contribution >= 0.6 is 11.8 Å². The van der Waals surface area contributed by atoms with Gasteiger partial charge in [0.05, 0.1) is 5.25 Å². The number of thioether (sulfide) groups is 1. The van der Waals surface area contributed by atoms with Crippen LogP contribution < -0.4 is 5.32 Å². The van der Waals surface area contributed by atoms with Crippen molar-refractivity contribution >= 4 is 29.3 Å². The first-order valence-corrected chi connectivity index (χ1v) is 8.60. The van der Waals surface area contributed by atoms with E-state index >= 15 is 0 Å². The molecule has 0 aliphatic carbocycles. The van der Waals surface area contributed by atoms with Crippen LogP contribution in [0.1, 0.15) is 22.8 Å². The fourth-order valence-electron chi connectivity index (χ4n) is 2.11. The molecule has 0 aliphatic heterocycles. The quantitative estimate of drug-likeness (QED) is 0.841. The Morgan fingerprint density at radius 2 is 1.75 bits per heavy atom. The number of amides is 2. The lowest BCUT2D eigenvalue weighted by Gasteiger charge is -2.14. The summed E-state index contributed by atoms with van der Waals surface area (Å²) < 4.78 is 0. The summed E-state index contributed by atoms with van der Waals surface area (Å²) in [5.74, 6) is -0.178. The fourth-order valence-corrected chi connectivity index (χ4v) is 2.97. The lowest BCUT2D eigenvalue weighted by Crippen LogP contribution is -2.24. The van der Waals surface area contributed by atoms with Gasteiger partial charge >= 0.3 is 0 Å². The van der Waals surface area contributed by atoms with Crippen LogP contribution in [0.3, 0.4) is 0 Å². The van der Waals surface area contributed by atoms with Crippen molar-refractivity contribution in [3.63, 3.8) is 0 Å². The average molecular weight is 342 g/mol. The van der Waals surface area contributed by atoms with E-state index in [0.717, 1.165) is 4.90 Å². The van der Waals surface area contributed by atoms with Crippen molar-refractivity contribution in [1.82, 2.24) is 4.90 Å². The van der Waals surface area contributed by atoms with Gasteiger partial charge in [0.2, 0.25) is 5.91 Å². The number of aryl methyl sites for hydroxylation is 1. The molecule has 2 aromatic carbocycles. The van der Waals surface area contributed by atoms with E-state index in [1.807, 2.05) is 38.1 Å². The predicted octanol–water partition coefficient (Wildman–Crippen LogP) is 3.82. The zero-order valence-corrected chi connectivity index (χ0v) is 15.2. The first-order valence-electron chi connectivity index (χ1n) is 7.72. The molecule has 0 spiro atoms. The van der Waals surface area contributed by atoms with Gasteiger partial charge in [0, 0.05) is 30.2 Å². The molecule has 1 atom stereocenters. The van der Waals surface area contributed by atoms with Gasteiger partial charge in [-0.1, -0.05) is 23.8 Å². The van der Waals surface area contributed by atoms with Gasteiger partial charge in [-0.2, -0.15) is 0 Å². The second-order valence-electron chi connectivity index (χ2n) is 5.84. The monoisotopic (exact) mass is 342 g/mol. The van der Waals surface area contributed by atoms with Crippen LogP contribution in [0.2, 0.25) is 0 Å². The molecule has 0 bridgehead atoms. The SMILES string of the molecule is Cc1ccc(S[C@@H](C)C(=O)Nc2cccc(C(=O)N(C)C)c2)cc1. The molecule has 0 aliphatic rings. The Labute approximate surface area is 147 Å². The summed E-state index contributed by atoms with van der Waals surface area (Å²) in [5, 5.41) is 2.64. The molecule has 1 N–H and O–H groups in total. The first-order chi connectivity index (χ1) is 11.4. The highest BCUT2D eigenvalue weighted by molar-refractivity contribution is 8.00. The van der Waals surface area contributed by atoms with E-state index in [2.05, 4.69) is 5.32 Å². The minimum atomic E-state index is -0.235. The van der Waals surface area contributed by atoms with E-state index < -0.39 is 0 Å². The highest BCUT2D eigenvalue weighted by atomic mass is 32.2. The van der Waals surface area contributed by atoms with Crippen molar-refractivity contribution < 1.29 is 9.59 Å². The van der Waals surface area contributed by atoms with Gasteiger partial charge in [0.15, 0.2) is 0 Å². The molecular formula is C19H22N2O2S. The number of hydrogen-bond donors (Lipinski definition) is 1. The maximum Gasteiger partial charge on any atom is 0.253 e. The maximum atomic E-state index is 12.4. The number of carbonyl (C=O) groups excluding carboxylic acids is 2. The molecule has 126 valence electrons. The highest BCUT2D eigenvalue weighted by Gasteiger charge is 2.15. The van der Waals surface area contributed by atoms with Crippen molar-refractivity contribution in [3.05, 3.63) is 59.7 Å². The third-order valence-corrected chi connectivity index (χ3v) is 4.60. The number of nitrogens with zero attached hydrogens (tertiary/aromatic N) is 1. The van der Waals surface area contributed by atoms with Crippen LogP contribution in [0, 0.1) is 6.92 Å². The van der Waals surface area contributed by atoms with Crippen molar-refractivity contribution in [2.75, 3.05) is 19.4 Å². The van der Waals surface area contributed by atoms with Crippen LogP contribution in [-0.4, -0.2) is 36.1 Å². The molecule has 0 aromatic heterocycles. The predicted molar refractivity (Wildman–Crippen MR) is 99.6 cm³/mol. The number of benzene rings is 2. The molecule has 2 rings (SSSR count). The Morgan fingerprint density at radius 3 is 2.38 bits per heavy atom. The first kappa shape index (κ1) is 18.1. The highest BCUT2D eigenvalue weighted by Crippen LogP contribution is 2.24. The molecule has 2 aromatic rings. The average Bonchev–Trinajstić information content (AvgIpc) is 2.56. The number of rotatable bonds is 5. The van der Waals surface area contributed by atoms with Gasteiger partial charge in [-0.15, -0.1) is 11.8 Å². The summed E-state index contributed by atoms with van der Waals surface area (Å²) in [6, 6.07) is 15.1. The van der Waals surface area contributed by atoms with Crippen LogP contribution in [0.15, 0.2) is 53.4 Å². The summed E-state index contributed by atoms with van der Waals surface area (Å²) in [6.07, 6.45) is 0. The van der Waals surface area contributed by atoms with Crippen LogP contribution in [0.25, 0.3) is 0 Å². The van der Waals surface area contributed by atoms with E-state index in [0.29, 0.717) is 11.3 Å².